The van der Waals surface area contributed by atoms with Gasteiger partial charge in [0.1, 0.15) is 0 Å². The number of unbranched alkanes of at least 4 members (excludes halogenated alkanes) is 1. The van der Waals surface area contributed by atoms with Crippen LogP contribution in [0.4, 0.5) is 0 Å². The van der Waals surface area contributed by atoms with Crippen molar-refractivity contribution in [1.82, 2.24) is 5.32 Å². The van der Waals surface area contributed by atoms with Crippen molar-refractivity contribution in [3.05, 3.63) is 0 Å². The molecular weight excluding hydrogens is 206 g/mol. The molecule has 0 aromatic heterocycles. The molecule has 0 aromatic carbocycles. The second-order valence-corrected chi connectivity index (χ2v) is 5.43. The number of hydrogen-bond acceptors (Lipinski definition) is 1. The lowest BCUT2D eigenvalue weighted by Crippen LogP contribution is -2.29. The Labute approximate surface area is 108 Å². The van der Waals surface area contributed by atoms with E-state index < -0.39 is 0 Å². The van der Waals surface area contributed by atoms with Gasteiger partial charge in [0.05, 0.1) is 0 Å². The summed E-state index contributed by atoms with van der Waals surface area (Å²) in [4.78, 5) is 0. The van der Waals surface area contributed by atoms with Crippen molar-refractivity contribution < 1.29 is 0 Å². The summed E-state index contributed by atoms with van der Waals surface area (Å²) in [5, 5.41) is 3.61. The maximum atomic E-state index is 5.31. The van der Waals surface area contributed by atoms with E-state index >= 15 is 0 Å². The predicted octanol–water partition coefficient (Wildman–Crippen LogP) is 4.13. The second-order valence-electron chi connectivity index (χ2n) is 5.43. The normalized spacial score (nSPS) is 18.8. The Hall–Kier alpha value is -0.480. The first-order valence-electron chi connectivity index (χ1n) is 7.53. The third-order valence-electron chi connectivity index (χ3n) is 4.01. The predicted molar refractivity (Wildman–Crippen MR) is 76.0 cm³/mol. The summed E-state index contributed by atoms with van der Waals surface area (Å²) >= 11 is 0. The summed E-state index contributed by atoms with van der Waals surface area (Å²) in [6.07, 6.45) is 18.8. The van der Waals surface area contributed by atoms with Crippen molar-refractivity contribution in [2.24, 2.45) is 5.92 Å². The highest BCUT2D eigenvalue weighted by atomic mass is 14.9. The van der Waals surface area contributed by atoms with Gasteiger partial charge in [-0.2, -0.15) is 0 Å². The molecule has 0 aliphatic heterocycles. The molecule has 1 saturated carbocycles. The van der Waals surface area contributed by atoms with Crippen LogP contribution in [0.1, 0.15) is 71.1 Å². The Bertz CT molecular complexity index is 210. The van der Waals surface area contributed by atoms with Gasteiger partial charge in [-0.1, -0.05) is 39.0 Å². The Morgan fingerprint density at radius 3 is 2.65 bits per heavy atom. The lowest BCUT2D eigenvalue weighted by atomic mass is 9.85. The van der Waals surface area contributed by atoms with E-state index in [2.05, 4.69) is 18.2 Å². The average Bonchev–Trinajstić information content (AvgIpc) is 2.37. The van der Waals surface area contributed by atoms with Crippen LogP contribution in [0, 0.1) is 18.3 Å². The van der Waals surface area contributed by atoms with Gasteiger partial charge < -0.3 is 5.32 Å². The van der Waals surface area contributed by atoms with Crippen LogP contribution in [0.25, 0.3) is 0 Å². The van der Waals surface area contributed by atoms with E-state index in [1.54, 1.807) is 0 Å². The van der Waals surface area contributed by atoms with Crippen molar-refractivity contribution in [2.75, 3.05) is 6.54 Å². The molecule has 1 unspecified atom stereocenters. The van der Waals surface area contributed by atoms with Gasteiger partial charge in [0.15, 0.2) is 0 Å². The molecule has 0 spiro atoms. The third-order valence-corrected chi connectivity index (χ3v) is 4.01. The van der Waals surface area contributed by atoms with Crippen LogP contribution >= 0.6 is 0 Å². The summed E-state index contributed by atoms with van der Waals surface area (Å²) in [6.45, 7) is 3.29. The van der Waals surface area contributed by atoms with Crippen LogP contribution in [0.15, 0.2) is 0 Å². The minimum Gasteiger partial charge on any atom is -0.314 e. The van der Waals surface area contributed by atoms with E-state index in [1.165, 1.54) is 57.8 Å². The Morgan fingerprint density at radius 1 is 1.24 bits per heavy atom. The van der Waals surface area contributed by atoms with E-state index in [0.717, 1.165) is 18.9 Å². The van der Waals surface area contributed by atoms with Gasteiger partial charge in [0.2, 0.25) is 0 Å². The largest absolute Gasteiger partial charge is 0.314 e. The molecule has 1 N–H and O–H groups in total. The zero-order valence-corrected chi connectivity index (χ0v) is 11.5. The molecule has 1 atom stereocenters. The highest BCUT2D eigenvalue weighted by molar-refractivity contribution is 4.84. The van der Waals surface area contributed by atoms with Gasteiger partial charge in [0.25, 0.3) is 0 Å². The molecule has 17 heavy (non-hydrogen) atoms. The Morgan fingerprint density at radius 2 is 2.00 bits per heavy atom. The molecule has 1 aliphatic carbocycles. The lowest BCUT2D eigenvalue weighted by molar-refractivity contribution is 0.309. The van der Waals surface area contributed by atoms with Crippen LogP contribution in [0.3, 0.4) is 0 Å². The maximum Gasteiger partial charge on any atom is 0.00866 e. The van der Waals surface area contributed by atoms with Crippen LogP contribution in [0.5, 0.6) is 0 Å². The van der Waals surface area contributed by atoms with E-state index in [4.69, 9.17) is 6.42 Å². The van der Waals surface area contributed by atoms with Crippen molar-refractivity contribution in [1.29, 1.82) is 0 Å². The molecule has 0 aromatic rings. The first kappa shape index (κ1) is 14.6. The molecule has 0 heterocycles. The van der Waals surface area contributed by atoms with E-state index in [9.17, 15) is 0 Å². The molecular formula is C16H29N. The van der Waals surface area contributed by atoms with Gasteiger partial charge in [-0.25, -0.2) is 0 Å². The molecule has 1 rings (SSSR count). The monoisotopic (exact) mass is 235 g/mol. The summed E-state index contributed by atoms with van der Waals surface area (Å²) < 4.78 is 0. The molecule has 1 heteroatoms. The maximum absolute atomic E-state index is 5.31. The van der Waals surface area contributed by atoms with Crippen molar-refractivity contribution in [3.63, 3.8) is 0 Å². The summed E-state index contributed by atoms with van der Waals surface area (Å²) in [6, 6.07) is 0.704. The first-order chi connectivity index (χ1) is 8.36. The Balaban J connectivity index is 2.15. The SMILES string of the molecule is C#CCCCC(CCC1CCCCC1)NCC. The number of rotatable bonds is 8. The van der Waals surface area contributed by atoms with Crippen LogP contribution in [-0.2, 0) is 0 Å². The van der Waals surface area contributed by atoms with Crippen molar-refractivity contribution in [2.45, 2.75) is 77.2 Å². The Kier molecular flexibility index (Phi) is 8.18. The van der Waals surface area contributed by atoms with E-state index in [1.807, 2.05) is 0 Å². The number of nitrogens with one attached hydrogen (secondary N) is 1. The fourth-order valence-electron chi connectivity index (χ4n) is 3.00. The zero-order valence-electron chi connectivity index (χ0n) is 11.5. The molecule has 1 nitrogen and oxygen atoms in total. The molecule has 1 aliphatic rings. The van der Waals surface area contributed by atoms with Crippen LogP contribution < -0.4 is 5.32 Å². The summed E-state index contributed by atoms with van der Waals surface area (Å²) in [5.74, 6) is 3.75. The van der Waals surface area contributed by atoms with Crippen molar-refractivity contribution in [3.8, 4) is 12.3 Å². The van der Waals surface area contributed by atoms with Gasteiger partial charge in [-0.3, -0.25) is 0 Å². The average molecular weight is 235 g/mol. The van der Waals surface area contributed by atoms with Crippen LogP contribution in [0.2, 0.25) is 0 Å². The van der Waals surface area contributed by atoms with Gasteiger partial charge in [-0.05, 0) is 38.1 Å². The van der Waals surface area contributed by atoms with E-state index in [-0.39, 0.29) is 0 Å². The minimum atomic E-state index is 0.704. The molecule has 98 valence electrons. The molecule has 0 bridgehead atoms. The summed E-state index contributed by atoms with van der Waals surface area (Å²) in [7, 11) is 0. The van der Waals surface area contributed by atoms with Gasteiger partial charge in [-0.15, -0.1) is 12.3 Å². The molecule has 1 fully saturated rings. The first-order valence-corrected chi connectivity index (χ1v) is 7.53. The molecule has 0 saturated heterocycles. The summed E-state index contributed by atoms with van der Waals surface area (Å²) in [5.41, 5.74) is 0. The van der Waals surface area contributed by atoms with Gasteiger partial charge in [0, 0.05) is 12.5 Å². The smallest absolute Gasteiger partial charge is 0.00866 e. The molecule has 0 radical (unpaired) electrons. The highest BCUT2D eigenvalue weighted by Gasteiger charge is 2.15. The fraction of sp³-hybridized carbons (Fsp3) is 0.875. The standard InChI is InChI=1S/C16H29N/c1-3-5-7-12-16(17-4-2)14-13-15-10-8-6-9-11-15/h1,15-17H,4-14H2,2H3. The zero-order chi connectivity index (χ0) is 12.3. The van der Waals surface area contributed by atoms with Crippen LogP contribution in [-0.4, -0.2) is 12.6 Å². The number of terminal acetylenes is 1. The lowest BCUT2D eigenvalue weighted by Gasteiger charge is -2.24. The third kappa shape index (κ3) is 6.74. The van der Waals surface area contributed by atoms with Gasteiger partial charge >= 0.3 is 0 Å². The number of hydrogen-bond donors (Lipinski definition) is 1. The minimum absolute atomic E-state index is 0.704. The topological polar surface area (TPSA) is 12.0 Å². The molecule has 0 amide bonds. The second kappa shape index (κ2) is 9.54. The fourth-order valence-corrected chi connectivity index (χ4v) is 3.00. The highest BCUT2D eigenvalue weighted by Crippen LogP contribution is 2.28. The van der Waals surface area contributed by atoms with E-state index in [0.29, 0.717) is 6.04 Å². The van der Waals surface area contributed by atoms with Crippen molar-refractivity contribution >= 4 is 0 Å². The quantitative estimate of drug-likeness (QED) is 0.493.